The molecule has 0 spiro atoms. The van der Waals surface area contributed by atoms with Crippen LogP contribution in [0.25, 0.3) is 123 Å². The van der Waals surface area contributed by atoms with Crippen LogP contribution >= 0.6 is 0 Å². The van der Waals surface area contributed by atoms with E-state index in [1.54, 1.807) is 0 Å². The van der Waals surface area contributed by atoms with Crippen LogP contribution in [0.3, 0.4) is 0 Å². The van der Waals surface area contributed by atoms with Gasteiger partial charge in [-0.1, -0.05) is 206 Å². The maximum absolute atomic E-state index is 5.43. The zero-order valence-corrected chi connectivity index (χ0v) is 36.9. The summed E-state index contributed by atoms with van der Waals surface area (Å²) in [5.74, 6) is 1.76. The van der Waals surface area contributed by atoms with Crippen LogP contribution in [-0.4, -0.2) is 24.1 Å². The van der Waals surface area contributed by atoms with Crippen LogP contribution in [0.5, 0.6) is 0 Å². The number of aromatic nitrogens is 5. The lowest BCUT2D eigenvalue weighted by molar-refractivity contribution is 0.955. The molecule has 0 bridgehead atoms. The smallest absolute Gasteiger partial charge is 0.238 e. The van der Waals surface area contributed by atoms with Crippen LogP contribution in [0.15, 0.2) is 249 Å². The van der Waals surface area contributed by atoms with Gasteiger partial charge in [-0.2, -0.15) is 9.97 Å². The zero-order chi connectivity index (χ0) is 45.0. The quantitative estimate of drug-likeness (QED) is 0.153. The summed E-state index contributed by atoms with van der Waals surface area (Å²) in [6.07, 6.45) is 0. The third-order valence-electron chi connectivity index (χ3n) is 13.2. The van der Waals surface area contributed by atoms with Gasteiger partial charge in [-0.3, -0.25) is 4.57 Å². The van der Waals surface area contributed by atoms with Crippen LogP contribution in [-0.2, 0) is 0 Å². The minimum Gasteiger partial charge on any atom is -0.309 e. The molecule has 13 aromatic rings. The maximum atomic E-state index is 5.43. The fourth-order valence-corrected chi connectivity index (χ4v) is 9.92. The summed E-state index contributed by atoms with van der Waals surface area (Å²) in [6.45, 7) is 0. The molecule has 5 nitrogen and oxygen atoms in total. The Morgan fingerprint density at radius 3 is 1.31 bits per heavy atom. The highest BCUT2D eigenvalue weighted by Gasteiger charge is 2.24. The summed E-state index contributed by atoms with van der Waals surface area (Å²) in [4.78, 5) is 16.0. The van der Waals surface area contributed by atoms with E-state index < -0.39 is 0 Å². The number of hydrogen-bond acceptors (Lipinski definition) is 3. The molecule has 318 valence electrons. The second-order valence-electron chi connectivity index (χ2n) is 17.2. The van der Waals surface area contributed by atoms with Crippen molar-refractivity contribution in [2.24, 2.45) is 0 Å². The van der Waals surface area contributed by atoms with Crippen molar-refractivity contribution in [3.63, 3.8) is 0 Å². The summed E-state index contributed by atoms with van der Waals surface area (Å²) in [5, 5.41) is 4.53. The van der Waals surface area contributed by atoms with E-state index in [0.29, 0.717) is 17.6 Å². The molecule has 0 N–H and O–H groups in total. The SMILES string of the molecule is c1ccc(-c2ccc(-c3ccc4c(c3)c3ccc5c(c6ccccc6n5-c5ccccc5)c3n4-c3nc(-c4ccccc4)nc(-c4ccc(-c5cccc(-c6ccccc6)c5)cc4)n3)cc2)cc1. The molecule has 0 aliphatic heterocycles. The van der Waals surface area contributed by atoms with Crippen molar-refractivity contribution in [1.29, 1.82) is 0 Å². The zero-order valence-electron chi connectivity index (χ0n) is 36.9. The monoisotopic (exact) mass is 867 g/mol. The average molecular weight is 868 g/mol. The first-order valence-corrected chi connectivity index (χ1v) is 23.0. The molecule has 0 saturated heterocycles. The molecule has 13 rings (SSSR count). The molecule has 10 aromatic carbocycles. The molecule has 0 amide bonds. The Bertz CT molecular complexity index is 3970. The largest absolute Gasteiger partial charge is 0.309 e. The first-order chi connectivity index (χ1) is 33.7. The van der Waals surface area contributed by atoms with E-state index in [1.165, 1.54) is 22.3 Å². The van der Waals surface area contributed by atoms with E-state index in [9.17, 15) is 0 Å². The predicted octanol–water partition coefficient (Wildman–Crippen LogP) is 16.1. The molecule has 0 unspecified atom stereocenters. The summed E-state index contributed by atoms with van der Waals surface area (Å²) < 4.78 is 4.65. The van der Waals surface area contributed by atoms with Crippen LogP contribution < -0.4 is 0 Å². The molecule has 0 aliphatic carbocycles. The molecule has 0 atom stereocenters. The number of benzene rings is 10. The van der Waals surface area contributed by atoms with E-state index in [2.05, 4.69) is 240 Å². The van der Waals surface area contributed by atoms with Gasteiger partial charge in [0, 0.05) is 38.4 Å². The topological polar surface area (TPSA) is 48.5 Å². The first-order valence-electron chi connectivity index (χ1n) is 23.0. The van der Waals surface area contributed by atoms with Gasteiger partial charge >= 0.3 is 0 Å². The third-order valence-corrected chi connectivity index (χ3v) is 13.2. The second-order valence-corrected chi connectivity index (χ2v) is 17.2. The van der Waals surface area contributed by atoms with Gasteiger partial charge in [0.05, 0.1) is 22.1 Å². The number of nitrogens with zero attached hydrogens (tertiary/aromatic N) is 5. The molecule has 68 heavy (non-hydrogen) atoms. The average Bonchev–Trinajstić information content (AvgIpc) is 3.94. The minimum absolute atomic E-state index is 0.553. The van der Waals surface area contributed by atoms with Gasteiger partial charge in [-0.25, -0.2) is 4.98 Å². The lowest BCUT2D eigenvalue weighted by Gasteiger charge is -2.12. The van der Waals surface area contributed by atoms with Crippen molar-refractivity contribution in [3.05, 3.63) is 249 Å². The molecular formula is C63H41N5. The van der Waals surface area contributed by atoms with Gasteiger partial charge in [-0.05, 0) is 87.0 Å². The van der Waals surface area contributed by atoms with Crippen molar-refractivity contribution >= 4 is 43.6 Å². The minimum atomic E-state index is 0.553. The van der Waals surface area contributed by atoms with Crippen LogP contribution in [0.4, 0.5) is 0 Å². The van der Waals surface area contributed by atoms with E-state index in [4.69, 9.17) is 15.0 Å². The van der Waals surface area contributed by atoms with Crippen LogP contribution in [0.1, 0.15) is 0 Å². The van der Waals surface area contributed by atoms with Crippen molar-refractivity contribution in [3.8, 4) is 78.9 Å². The van der Waals surface area contributed by atoms with E-state index >= 15 is 0 Å². The maximum Gasteiger partial charge on any atom is 0.238 e. The molecule has 3 aromatic heterocycles. The Morgan fingerprint density at radius 1 is 0.250 bits per heavy atom. The standard InChI is InChI=1S/C63H41N5/c1-5-16-42(17-6-1)44-28-30-46(31-29-44)51-36-38-57-55(41-51)53-37-39-58-59(54-26-13-14-27-56(54)67(58)52-24-11-4-12-25-52)60(53)68(57)63-65-61(47-20-9-3-10-21-47)64-62(66-63)48-34-32-45(33-35-48)50-23-15-22-49(40-50)43-18-7-2-8-19-43/h1-41H. The summed E-state index contributed by atoms with van der Waals surface area (Å²) in [7, 11) is 0. The lowest BCUT2D eigenvalue weighted by Crippen LogP contribution is -2.06. The Labute approximate surface area is 393 Å². The van der Waals surface area contributed by atoms with Gasteiger partial charge in [0.25, 0.3) is 0 Å². The number of rotatable bonds is 8. The van der Waals surface area contributed by atoms with Gasteiger partial charge < -0.3 is 4.57 Å². The first kappa shape index (κ1) is 39.2. The van der Waals surface area contributed by atoms with Crippen LogP contribution in [0.2, 0.25) is 0 Å². The van der Waals surface area contributed by atoms with Gasteiger partial charge in [0.15, 0.2) is 11.6 Å². The Hall–Kier alpha value is -9.19. The molecule has 0 fully saturated rings. The fraction of sp³-hybridized carbons (Fsp3) is 0. The number of para-hydroxylation sites is 2. The highest BCUT2D eigenvalue weighted by molar-refractivity contribution is 6.26. The van der Waals surface area contributed by atoms with Crippen LogP contribution in [0, 0.1) is 0 Å². The highest BCUT2D eigenvalue weighted by atomic mass is 15.2. The van der Waals surface area contributed by atoms with Gasteiger partial charge in [-0.15, -0.1) is 0 Å². The summed E-state index contributed by atoms with van der Waals surface area (Å²) in [6, 6.07) is 88.2. The summed E-state index contributed by atoms with van der Waals surface area (Å²) >= 11 is 0. The van der Waals surface area contributed by atoms with E-state index in [0.717, 1.165) is 82.7 Å². The second kappa shape index (κ2) is 16.4. The Balaban J connectivity index is 1.04. The van der Waals surface area contributed by atoms with Crippen molar-refractivity contribution < 1.29 is 0 Å². The van der Waals surface area contributed by atoms with Crippen molar-refractivity contribution in [2.75, 3.05) is 0 Å². The summed E-state index contributed by atoms with van der Waals surface area (Å²) in [5.41, 5.74) is 16.5. The van der Waals surface area contributed by atoms with Crippen molar-refractivity contribution in [2.45, 2.75) is 0 Å². The molecule has 0 saturated carbocycles. The predicted molar refractivity (Wildman–Crippen MR) is 281 cm³/mol. The van der Waals surface area contributed by atoms with Gasteiger partial charge in [0.1, 0.15) is 0 Å². The number of fused-ring (bicyclic) bond motifs is 7. The van der Waals surface area contributed by atoms with Crippen molar-refractivity contribution in [1.82, 2.24) is 24.1 Å². The molecular weight excluding hydrogens is 827 g/mol. The normalized spacial score (nSPS) is 11.5. The van der Waals surface area contributed by atoms with Gasteiger partial charge in [0.2, 0.25) is 5.95 Å². The Morgan fingerprint density at radius 2 is 0.676 bits per heavy atom. The molecule has 0 aliphatic rings. The highest BCUT2D eigenvalue weighted by Crippen LogP contribution is 2.43. The third kappa shape index (κ3) is 6.76. The number of hydrogen-bond donors (Lipinski definition) is 0. The Kier molecular flexibility index (Phi) is 9.43. The fourth-order valence-electron chi connectivity index (χ4n) is 9.92. The van der Waals surface area contributed by atoms with E-state index in [1.807, 2.05) is 18.2 Å². The molecule has 0 radical (unpaired) electrons. The lowest BCUT2D eigenvalue weighted by atomic mass is 9.98. The molecule has 5 heteroatoms. The van der Waals surface area contributed by atoms with E-state index in [-0.39, 0.29) is 0 Å². The molecule has 3 heterocycles.